The van der Waals surface area contributed by atoms with Gasteiger partial charge in [-0.2, -0.15) is 104 Å². The molecule has 2 nitrogen and oxygen atoms in total. The van der Waals surface area contributed by atoms with Gasteiger partial charge in [0.15, 0.2) is 0 Å². The molecule has 0 fully saturated rings. The molecular formula is C31H46F18O2S2. The van der Waals surface area contributed by atoms with Crippen molar-refractivity contribution in [3.63, 3.8) is 0 Å². The largest absolute Gasteiger partial charge is 0.435 e. The molecule has 0 radical (unpaired) electrons. The van der Waals surface area contributed by atoms with Crippen molar-refractivity contribution >= 4 is 25.3 Å². The Morgan fingerprint density at radius 1 is 0.377 bits per heavy atom. The molecule has 320 valence electrons. The fourth-order valence-corrected chi connectivity index (χ4v) is 6.27. The fourth-order valence-electron chi connectivity index (χ4n) is 5.82. The maximum absolute atomic E-state index is 14.0. The van der Waals surface area contributed by atoms with Crippen molar-refractivity contribution in [2.45, 2.75) is 182 Å². The molecule has 2 atom stereocenters. The summed E-state index contributed by atoms with van der Waals surface area (Å²) in [5.41, 5.74) is -18.6. The summed E-state index contributed by atoms with van der Waals surface area (Å²) in [6, 6.07) is 0. The quantitative estimate of drug-likeness (QED) is 0.0541. The van der Waals surface area contributed by atoms with E-state index in [-0.39, 0.29) is 32.6 Å². The molecule has 0 N–H and O–H groups in total. The summed E-state index contributed by atoms with van der Waals surface area (Å²) in [5, 5.41) is 0. The minimum Gasteiger partial charge on any atom is -0.345 e. The SMILES string of the molecule is CC(CCCCCCCCCCS)(OC(C(F)(F)F)(C(F)(F)F)C(F)(F)F)C(CCCCCCCCCCS)OC(C(F)(F)F)(C(F)(F)F)C(F)(F)F. The molecule has 0 rings (SSSR count). The van der Waals surface area contributed by atoms with Crippen LogP contribution in [0.25, 0.3) is 0 Å². The molecule has 22 heteroatoms. The minimum atomic E-state index is -7.52. The second-order valence-corrected chi connectivity index (χ2v) is 13.9. The molecule has 0 saturated heterocycles. The average molecular weight is 857 g/mol. The van der Waals surface area contributed by atoms with E-state index in [2.05, 4.69) is 34.7 Å². The van der Waals surface area contributed by atoms with Crippen LogP contribution in [0.5, 0.6) is 0 Å². The predicted octanol–water partition coefficient (Wildman–Crippen LogP) is 13.9. The highest BCUT2D eigenvalue weighted by atomic mass is 32.1. The Labute approximate surface area is 307 Å². The van der Waals surface area contributed by atoms with Gasteiger partial charge in [0, 0.05) is 0 Å². The first kappa shape index (κ1) is 52.4. The number of ether oxygens (including phenoxy) is 2. The van der Waals surface area contributed by atoms with Gasteiger partial charge in [-0.15, -0.1) is 0 Å². The van der Waals surface area contributed by atoms with Crippen molar-refractivity contribution in [3.8, 4) is 0 Å². The third-order valence-electron chi connectivity index (χ3n) is 8.74. The lowest BCUT2D eigenvalue weighted by molar-refractivity contribution is -0.495. The van der Waals surface area contributed by atoms with Gasteiger partial charge < -0.3 is 9.47 Å². The van der Waals surface area contributed by atoms with Crippen LogP contribution in [-0.2, 0) is 9.47 Å². The van der Waals surface area contributed by atoms with Crippen molar-refractivity contribution < 1.29 is 88.5 Å². The Bertz CT molecular complexity index is 934. The molecule has 0 heterocycles. The molecular weight excluding hydrogens is 810 g/mol. The van der Waals surface area contributed by atoms with E-state index in [9.17, 15) is 79.0 Å². The van der Waals surface area contributed by atoms with Crippen LogP contribution < -0.4 is 0 Å². The summed E-state index contributed by atoms with van der Waals surface area (Å²) in [5.74, 6) is 1.12. The zero-order chi connectivity index (χ0) is 41.6. The van der Waals surface area contributed by atoms with Gasteiger partial charge in [0.2, 0.25) is 0 Å². The summed E-state index contributed by atoms with van der Waals surface area (Å²) in [4.78, 5) is 0. The number of halogens is 18. The lowest BCUT2D eigenvalue weighted by Gasteiger charge is -2.49. The van der Waals surface area contributed by atoms with Gasteiger partial charge in [0.25, 0.3) is 0 Å². The van der Waals surface area contributed by atoms with Crippen LogP contribution >= 0.6 is 25.3 Å². The maximum atomic E-state index is 14.0. The van der Waals surface area contributed by atoms with Crippen molar-refractivity contribution in [2.75, 3.05) is 11.5 Å². The first-order valence-electron chi connectivity index (χ1n) is 16.9. The summed E-state index contributed by atoms with van der Waals surface area (Å²) >= 11 is 8.03. The van der Waals surface area contributed by atoms with Crippen molar-refractivity contribution in [2.24, 2.45) is 0 Å². The summed E-state index contributed by atoms with van der Waals surface area (Å²) < 4.78 is 260. The van der Waals surface area contributed by atoms with Crippen molar-refractivity contribution in [3.05, 3.63) is 0 Å². The third kappa shape index (κ3) is 14.4. The van der Waals surface area contributed by atoms with Crippen LogP contribution in [-0.4, -0.2) is 71.5 Å². The molecule has 0 aromatic carbocycles. The minimum absolute atomic E-state index is 0.0943. The monoisotopic (exact) mass is 856 g/mol. The van der Waals surface area contributed by atoms with Gasteiger partial charge in [0.1, 0.15) is 0 Å². The van der Waals surface area contributed by atoms with E-state index in [1.807, 2.05) is 0 Å². The van der Waals surface area contributed by atoms with Gasteiger partial charge >= 0.3 is 48.3 Å². The van der Waals surface area contributed by atoms with E-state index < -0.39 is 85.6 Å². The summed E-state index contributed by atoms with van der Waals surface area (Å²) in [7, 11) is 0. The van der Waals surface area contributed by atoms with E-state index in [1.165, 1.54) is 0 Å². The van der Waals surface area contributed by atoms with E-state index in [0.29, 0.717) is 50.0 Å². The van der Waals surface area contributed by atoms with Crippen LogP contribution in [0.4, 0.5) is 79.0 Å². The number of hydrogen-bond donors (Lipinski definition) is 2. The molecule has 0 spiro atoms. The van der Waals surface area contributed by atoms with Gasteiger partial charge in [0.05, 0.1) is 11.7 Å². The Morgan fingerprint density at radius 2 is 0.642 bits per heavy atom. The zero-order valence-corrected chi connectivity index (χ0v) is 30.5. The summed E-state index contributed by atoms with van der Waals surface area (Å²) in [6.07, 6.45) is -47.9. The lowest BCUT2D eigenvalue weighted by atomic mass is 9.85. The number of rotatable bonds is 25. The summed E-state index contributed by atoms with van der Waals surface area (Å²) in [6.45, 7) is -0.123. The van der Waals surface area contributed by atoms with Crippen LogP contribution in [0, 0.1) is 0 Å². The average Bonchev–Trinajstić information content (AvgIpc) is 2.95. The first-order chi connectivity index (χ1) is 23.9. The van der Waals surface area contributed by atoms with Crippen molar-refractivity contribution in [1.82, 2.24) is 0 Å². The number of hydrogen-bond acceptors (Lipinski definition) is 4. The smallest absolute Gasteiger partial charge is 0.345 e. The third-order valence-corrected chi connectivity index (χ3v) is 9.37. The van der Waals surface area contributed by atoms with E-state index in [4.69, 9.17) is 0 Å². The topological polar surface area (TPSA) is 18.5 Å². The second kappa shape index (κ2) is 21.2. The Morgan fingerprint density at radius 3 is 0.925 bits per heavy atom. The Balaban J connectivity index is 7.26. The van der Waals surface area contributed by atoms with Crippen LogP contribution in [0.1, 0.15) is 122 Å². The molecule has 0 aromatic heterocycles. The predicted molar refractivity (Wildman–Crippen MR) is 167 cm³/mol. The van der Waals surface area contributed by atoms with Gasteiger partial charge in [-0.25, -0.2) is 0 Å². The molecule has 0 amide bonds. The van der Waals surface area contributed by atoms with E-state index in [1.54, 1.807) is 0 Å². The maximum Gasteiger partial charge on any atom is 0.435 e. The molecule has 53 heavy (non-hydrogen) atoms. The number of thiol groups is 2. The number of unbranched alkanes of at least 4 members (excludes halogenated alkanes) is 14. The standard InChI is InChI=1S/C31H46F18O2S2/c1-23(19-15-11-7-3-5-9-13-17-21-53,51-25(29(41,42)43,30(44,45)46)31(47,48)49)22(18-14-10-6-2-4-8-12-16-20-52)50-24(26(32,33)34,27(35,36)37)28(38,39)40/h22,52-53H,2-21H2,1H3. The number of alkyl halides is 18. The van der Waals surface area contributed by atoms with Gasteiger partial charge in [-0.3, -0.25) is 0 Å². The van der Waals surface area contributed by atoms with Crippen LogP contribution in [0.15, 0.2) is 0 Å². The molecule has 0 aliphatic heterocycles. The highest BCUT2D eigenvalue weighted by molar-refractivity contribution is 7.80. The molecule has 0 aromatic rings. The van der Waals surface area contributed by atoms with Crippen molar-refractivity contribution in [1.29, 1.82) is 0 Å². The highest BCUT2D eigenvalue weighted by Gasteiger charge is 2.88. The molecule has 0 aliphatic carbocycles. The molecule has 0 bridgehead atoms. The normalized spacial score (nSPS) is 16.2. The van der Waals surface area contributed by atoms with Crippen LogP contribution in [0.3, 0.4) is 0 Å². The lowest BCUT2D eigenvalue weighted by Crippen LogP contribution is -2.73. The van der Waals surface area contributed by atoms with Gasteiger partial charge in [-0.1, -0.05) is 89.9 Å². The fraction of sp³-hybridized carbons (Fsp3) is 1.00. The Kier molecular flexibility index (Phi) is 21.0. The molecule has 0 aliphatic rings. The van der Waals surface area contributed by atoms with E-state index >= 15 is 0 Å². The molecule has 0 saturated carbocycles. The van der Waals surface area contributed by atoms with Crippen LogP contribution in [0.2, 0.25) is 0 Å². The Hall–Kier alpha value is -0.640. The highest BCUT2D eigenvalue weighted by Crippen LogP contribution is 2.60. The second-order valence-electron chi connectivity index (χ2n) is 13.0. The molecule has 2 unspecified atom stereocenters. The first-order valence-corrected chi connectivity index (χ1v) is 18.2. The van der Waals surface area contributed by atoms with E-state index in [0.717, 1.165) is 25.7 Å². The van der Waals surface area contributed by atoms with Gasteiger partial charge in [-0.05, 0) is 44.1 Å². The zero-order valence-electron chi connectivity index (χ0n) is 28.7.